The van der Waals surface area contributed by atoms with E-state index in [9.17, 15) is 28.8 Å². The number of carboxylic acids is 2. The van der Waals surface area contributed by atoms with Gasteiger partial charge in [-0.1, -0.05) is 121 Å². The first-order valence-electron chi connectivity index (χ1n) is 41.9. The number of carboxylic acid groups (broad SMARTS) is 2. The number of carbonyl (C=O) groups excluding carboxylic acids is 4. The SMILES string of the molecule is CC(C)(C)OC(=O)/C=C/c1ccc(/C=C/C(=O)OC(C)(C)C)c(OCCOCCOCCOCCOCCOCCOCCOCCONC(=O)OCC2c3ccccc3-c3ccccc32)c1.O=C(O)/C=C/c1ccc(/C=C/C(=O)O)c(OCCOCCOCCOCCOCCOCCOCCOCCONC(=O)OCC2c3ccccc3-c3ccccc32)c1. The van der Waals surface area contributed by atoms with Crippen molar-refractivity contribution in [3.63, 3.8) is 0 Å². The minimum absolute atomic E-state index is 0.0191. The first-order chi connectivity index (χ1) is 61.2. The third-order valence-electron chi connectivity index (χ3n) is 17.6. The molecule has 0 saturated heterocycles. The molecule has 0 saturated carbocycles. The Morgan fingerprint density at radius 3 is 0.817 bits per heavy atom. The lowest BCUT2D eigenvalue weighted by molar-refractivity contribution is -0.149. The van der Waals surface area contributed by atoms with Crippen molar-refractivity contribution in [1.82, 2.24) is 11.0 Å². The number of aliphatic carboxylic acids is 2. The summed E-state index contributed by atoms with van der Waals surface area (Å²) in [5.74, 6) is -2.24. The van der Waals surface area contributed by atoms with Crippen LogP contribution in [0.25, 0.3) is 46.6 Å². The van der Waals surface area contributed by atoms with Gasteiger partial charge in [0, 0.05) is 47.3 Å². The molecule has 2 aliphatic carbocycles. The molecule has 32 nitrogen and oxygen atoms in total. The van der Waals surface area contributed by atoms with Gasteiger partial charge in [-0.2, -0.15) is 11.0 Å². The maximum Gasteiger partial charge on any atom is 0.431 e. The van der Waals surface area contributed by atoms with Crippen molar-refractivity contribution in [3.8, 4) is 33.8 Å². The number of fused-ring (bicyclic) bond motifs is 6. The smallest absolute Gasteiger partial charge is 0.431 e. The van der Waals surface area contributed by atoms with Crippen LogP contribution >= 0.6 is 0 Å². The lowest BCUT2D eigenvalue weighted by atomic mass is 9.98. The Kier molecular flexibility index (Phi) is 49.8. The quantitative estimate of drug-likeness (QED) is 0.00906. The van der Waals surface area contributed by atoms with Crippen molar-refractivity contribution in [2.45, 2.75) is 64.6 Å². The van der Waals surface area contributed by atoms with Gasteiger partial charge < -0.3 is 105 Å². The maximum atomic E-state index is 12.3. The summed E-state index contributed by atoms with van der Waals surface area (Å²) >= 11 is 0. The number of hydrogen-bond donors (Lipinski definition) is 4. The molecule has 32 heteroatoms. The molecule has 0 aliphatic heterocycles. The highest BCUT2D eigenvalue weighted by Gasteiger charge is 2.31. The lowest BCUT2D eigenvalue weighted by Gasteiger charge is -2.18. The zero-order chi connectivity index (χ0) is 89.9. The van der Waals surface area contributed by atoms with E-state index in [0.717, 1.165) is 40.0 Å². The molecule has 126 heavy (non-hydrogen) atoms. The molecular formula is C94H122N2O30. The van der Waals surface area contributed by atoms with E-state index in [1.54, 1.807) is 84.0 Å². The molecule has 6 aromatic carbocycles. The van der Waals surface area contributed by atoms with Crippen molar-refractivity contribution >= 4 is 60.4 Å². The summed E-state index contributed by atoms with van der Waals surface area (Å²) < 4.78 is 111. The van der Waals surface area contributed by atoms with Crippen LogP contribution in [0.1, 0.15) is 97.9 Å². The van der Waals surface area contributed by atoms with Gasteiger partial charge in [0.25, 0.3) is 0 Å². The topological polar surface area (TPSA) is 370 Å². The monoisotopic (exact) mass is 1760 g/mol. The zero-order valence-corrected chi connectivity index (χ0v) is 72.8. The van der Waals surface area contributed by atoms with Gasteiger partial charge in [-0.25, -0.2) is 28.8 Å². The second-order valence-electron chi connectivity index (χ2n) is 29.5. The van der Waals surface area contributed by atoms with E-state index in [-0.39, 0.29) is 71.3 Å². The van der Waals surface area contributed by atoms with Gasteiger partial charge in [0.1, 0.15) is 49.1 Å². The van der Waals surface area contributed by atoms with E-state index < -0.39 is 47.3 Å². The largest absolute Gasteiger partial charge is 0.491 e. The zero-order valence-electron chi connectivity index (χ0n) is 72.8. The maximum absolute atomic E-state index is 12.3. The van der Waals surface area contributed by atoms with Gasteiger partial charge in [-0.15, -0.1) is 0 Å². The Morgan fingerprint density at radius 1 is 0.302 bits per heavy atom. The molecule has 0 spiro atoms. The first-order valence-corrected chi connectivity index (χ1v) is 41.9. The molecule has 0 aromatic heterocycles. The minimum atomic E-state index is -1.10. The summed E-state index contributed by atoms with van der Waals surface area (Å²) in [4.78, 5) is 80.8. The summed E-state index contributed by atoms with van der Waals surface area (Å²) in [6.07, 6.45) is 9.49. The van der Waals surface area contributed by atoms with E-state index >= 15 is 0 Å². The van der Waals surface area contributed by atoms with Crippen LogP contribution in [0.2, 0.25) is 0 Å². The molecule has 0 heterocycles. The van der Waals surface area contributed by atoms with E-state index in [1.807, 2.05) is 54.6 Å². The fourth-order valence-corrected chi connectivity index (χ4v) is 12.1. The Bertz CT molecular complexity index is 4200. The molecule has 0 fully saturated rings. The predicted octanol–water partition coefficient (Wildman–Crippen LogP) is 12.2. The fourth-order valence-electron chi connectivity index (χ4n) is 12.1. The van der Waals surface area contributed by atoms with Crippen LogP contribution in [-0.4, -0.2) is 282 Å². The Morgan fingerprint density at radius 2 is 0.540 bits per heavy atom. The number of nitrogens with one attached hydrogen (secondary N) is 2. The van der Waals surface area contributed by atoms with Crippen LogP contribution in [-0.2, 0) is 114 Å². The summed E-state index contributed by atoms with van der Waals surface area (Å²) in [7, 11) is 0. The molecular weight excluding hydrogens is 1640 g/mol. The second-order valence-corrected chi connectivity index (χ2v) is 29.5. The van der Waals surface area contributed by atoms with E-state index in [0.29, 0.717) is 193 Å². The van der Waals surface area contributed by atoms with E-state index in [4.69, 9.17) is 115 Å². The van der Waals surface area contributed by atoms with Crippen LogP contribution in [0.15, 0.2) is 158 Å². The number of benzene rings is 6. The van der Waals surface area contributed by atoms with Gasteiger partial charge in [-0.05, 0) is 134 Å². The van der Waals surface area contributed by atoms with Gasteiger partial charge in [0.15, 0.2) is 0 Å². The van der Waals surface area contributed by atoms with E-state index in [1.165, 1.54) is 46.6 Å². The number of carbonyl (C=O) groups is 6. The van der Waals surface area contributed by atoms with Crippen LogP contribution in [0, 0.1) is 0 Å². The molecule has 0 bridgehead atoms. The average molecular weight is 1760 g/mol. The number of ether oxygens (including phenoxy) is 20. The van der Waals surface area contributed by atoms with Crippen molar-refractivity contribution < 1.29 is 143 Å². The first kappa shape index (κ1) is 103. The van der Waals surface area contributed by atoms with Crippen LogP contribution in [0.3, 0.4) is 0 Å². The summed E-state index contributed by atoms with van der Waals surface area (Å²) in [5, 5.41) is 17.8. The Balaban J connectivity index is 0.000000348. The normalized spacial score (nSPS) is 12.4. The predicted molar refractivity (Wildman–Crippen MR) is 467 cm³/mol. The number of rotatable bonds is 64. The molecule has 0 atom stereocenters. The lowest BCUT2D eigenvalue weighted by Crippen LogP contribution is -2.28. The summed E-state index contributed by atoms with van der Waals surface area (Å²) in [6, 6.07) is 42.9. The van der Waals surface area contributed by atoms with Crippen LogP contribution in [0.4, 0.5) is 9.59 Å². The van der Waals surface area contributed by atoms with Gasteiger partial charge >= 0.3 is 36.1 Å². The van der Waals surface area contributed by atoms with E-state index in [2.05, 4.69) is 59.5 Å². The highest BCUT2D eigenvalue weighted by atomic mass is 16.7. The second kappa shape index (κ2) is 61.1. The average Bonchev–Trinajstić information content (AvgIpc) is 1.62. The van der Waals surface area contributed by atoms with Crippen molar-refractivity contribution in [3.05, 3.63) is 202 Å². The molecule has 6 aromatic rings. The standard InChI is InChI=1S/C51H69NO15.C43H53NO15/c1-50(2,3)66-47(53)19-16-39-15-17-40(18-20-48(54)67-51(4,5)6)46(37-39)63-35-33-61-31-29-59-27-25-57-23-21-56-22-24-58-26-28-60-30-32-62-34-36-65-52-49(55)64-38-45-43-13-9-7-11-41(43)42-12-8-10-14-44(42)45;45-41(46)13-10-33-9-11-34(12-14-42(47)48)40(31-33)57-29-27-55-25-23-53-21-19-51-17-15-50-16-18-52-20-22-54-24-26-56-28-30-59-44-43(49)58-32-39-37-7-3-1-5-35(37)36-6-2-4-8-38(36)39/h7-20,37,45H,21-36,38H2,1-6H3,(H,52,55);1-14,31,39H,15-30,32H2,(H,44,49)(H,45,46)(H,47,48)/b19-16+,20-18+;13-10+,14-12+. The summed E-state index contributed by atoms with van der Waals surface area (Å²) in [5.41, 5.74) is 15.1. The van der Waals surface area contributed by atoms with Crippen molar-refractivity contribution in [1.29, 1.82) is 0 Å². The minimum Gasteiger partial charge on any atom is -0.491 e. The number of hydroxylamine groups is 2. The molecule has 4 N–H and O–H groups in total. The third-order valence-corrected chi connectivity index (χ3v) is 17.6. The molecule has 2 amide bonds. The number of amides is 2. The van der Waals surface area contributed by atoms with Crippen LogP contribution < -0.4 is 20.4 Å². The Labute approximate surface area is 736 Å². The highest BCUT2D eigenvalue weighted by molar-refractivity contribution is 5.90. The van der Waals surface area contributed by atoms with Crippen LogP contribution in [0.5, 0.6) is 11.5 Å². The van der Waals surface area contributed by atoms with Gasteiger partial charge in [0.2, 0.25) is 0 Å². The van der Waals surface area contributed by atoms with Gasteiger partial charge in [-0.3, -0.25) is 9.68 Å². The number of esters is 2. The molecule has 0 unspecified atom stereocenters. The highest BCUT2D eigenvalue weighted by Crippen LogP contribution is 2.46. The molecule has 8 rings (SSSR count). The third kappa shape index (κ3) is 43.7. The fraction of sp³-hybridized carbons (Fsp3) is 0.468. The van der Waals surface area contributed by atoms with Crippen molar-refractivity contribution in [2.24, 2.45) is 0 Å². The van der Waals surface area contributed by atoms with Gasteiger partial charge in [0.05, 0.1) is 198 Å². The molecule has 688 valence electrons. The van der Waals surface area contributed by atoms with Crippen molar-refractivity contribution in [2.75, 3.05) is 225 Å². The molecule has 0 radical (unpaired) electrons. The summed E-state index contributed by atoms with van der Waals surface area (Å²) in [6.45, 7) is 23.0. The molecule has 2 aliphatic rings. The Hall–Kier alpha value is -10.3. The number of hydrogen-bond acceptors (Lipinski definition) is 28.